The minimum Gasteiger partial charge on any atom is -0.381 e. The molecule has 0 fully saturated rings. The van der Waals surface area contributed by atoms with Gasteiger partial charge in [0.15, 0.2) is 9.84 Å². The van der Waals surface area contributed by atoms with E-state index in [2.05, 4.69) is 15.5 Å². The van der Waals surface area contributed by atoms with E-state index < -0.39 is 9.84 Å². The first-order chi connectivity index (χ1) is 8.47. The second-order valence-corrected chi connectivity index (χ2v) is 6.19. The highest BCUT2D eigenvalue weighted by Crippen LogP contribution is 2.16. The van der Waals surface area contributed by atoms with E-state index >= 15 is 0 Å². The van der Waals surface area contributed by atoms with Crippen LogP contribution in [0.15, 0.2) is 35.4 Å². The third-order valence-electron chi connectivity index (χ3n) is 2.68. The van der Waals surface area contributed by atoms with Gasteiger partial charge in [-0.15, -0.1) is 0 Å². The largest absolute Gasteiger partial charge is 0.381 e. The highest BCUT2D eigenvalue weighted by atomic mass is 32.2. The Labute approximate surface area is 106 Å². The quantitative estimate of drug-likeness (QED) is 0.883. The lowest BCUT2D eigenvalue weighted by molar-refractivity contribution is 0.602. The molecule has 1 aromatic heterocycles. The fourth-order valence-corrected chi connectivity index (χ4v) is 2.25. The predicted molar refractivity (Wildman–Crippen MR) is 70.2 cm³/mol. The zero-order valence-electron chi connectivity index (χ0n) is 10.3. The summed E-state index contributed by atoms with van der Waals surface area (Å²) < 4.78 is 22.9. The molecule has 0 aliphatic heterocycles. The molecule has 0 bridgehead atoms. The van der Waals surface area contributed by atoms with Gasteiger partial charge >= 0.3 is 0 Å². The molecule has 2 rings (SSSR count). The number of H-pyrrole nitrogens is 1. The van der Waals surface area contributed by atoms with Crippen molar-refractivity contribution in [3.8, 4) is 0 Å². The summed E-state index contributed by atoms with van der Waals surface area (Å²) in [6.45, 7) is 2.55. The maximum Gasteiger partial charge on any atom is 0.175 e. The van der Waals surface area contributed by atoms with Crippen LogP contribution in [0, 0.1) is 6.92 Å². The summed E-state index contributed by atoms with van der Waals surface area (Å²) in [5.41, 5.74) is 2.83. The molecule has 0 saturated carbocycles. The number of aromatic amines is 1. The van der Waals surface area contributed by atoms with Gasteiger partial charge < -0.3 is 5.32 Å². The van der Waals surface area contributed by atoms with Gasteiger partial charge in [0.05, 0.1) is 11.1 Å². The van der Waals surface area contributed by atoms with Crippen molar-refractivity contribution in [3.05, 3.63) is 41.7 Å². The smallest absolute Gasteiger partial charge is 0.175 e. The summed E-state index contributed by atoms with van der Waals surface area (Å²) in [5, 5.41) is 9.96. The third kappa shape index (κ3) is 2.89. The van der Waals surface area contributed by atoms with Crippen molar-refractivity contribution in [1.29, 1.82) is 0 Å². The Kier molecular flexibility index (Phi) is 3.38. The first-order valence-electron chi connectivity index (χ1n) is 5.49. The van der Waals surface area contributed by atoms with E-state index in [1.54, 1.807) is 24.4 Å². The van der Waals surface area contributed by atoms with Crippen molar-refractivity contribution in [2.24, 2.45) is 0 Å². The molecule has 96 valence electrons. The van der Waals surface area contributed by atoms with E-state index in [0.717, 1.165) is 16.9 Å². The summed E-state index contributed by atoms with van der Waals surface area (Å²) in [4.78, 5) is 0.316. The van der Waals surface area contributed by atoms with Crippen LogP contribution in [0.5, 0.6) is 0 Å². The van der Waals surface area contributed by atoms with Crippen LogP contribution >= 0.6 is 0 Å². The summed E-state index contributed by atoms with van der Waals surface area (Å²) in [7, 11) is -3.16. The Balaban J connectivity index is 2.13. The lowest BCUT2D eigenvalue weighted by atomic mass is 10.2. The van der Waals surface area contributed by atoms with E-state index in [1.807, 2.05) is 13.0 Å². The number of rotatable bonds is 4. The summed E-state index contributed by atoms with van der Waals surface area (Å²) in [6, 6.07) is 6.78. The first kappa shape index (κ1) is 12.6. The number of aromatic nitrogens is 2. The number of aryl methyl sites for hydroxylation is 1. The molecule has 1 heterocycles. The number of anilines is 1. The molecule has 2 N–H and O–H groups in total. The Hall–Kier alpha value is -1.82. The van der Waals surface area contributed by atoms with Crippen molar-refractivity contribution in [3.63, 3.8) is 0 Å². The lowest BCUT2D eigenvalue weighted by Gasteiger charge is -2.07. The van der Waals surface area contributed by atoms with Crippen LogP contribution in [0.3, 0.4) is 0 Å². The van der Waals surface area contributed by atoms with E-state index in [0.29, 0.717) is 11.4 Å². The van der Waals surface area contributed by atoms with E-state index in [1.165, 1.54) is 6.26 Å². The van der Waals surface area contributed by atoms with Crippen molar-refractivity contribution >= 4 is 15.5 Å². The van der Waals surface area contributed by atoms with Gasteiger partial charge in [-0.2, -0.15) is 5.10 Å². The summed E-state index contributed by atoms with van der Waals surface area (Å²) in [5.74, 6) is 0. The molecule has 5 nitrogen and oxygen atoms in total. The van der Waals surface area contributed by atoms with Crippen LogP contribution in [0.1, 0.15) is 11.3 Å². The van der Waals surface area contributed by atoms with Crippen molar-refractivity contribution in [1.82, 2.24) is 10.2 Å². The van der Waals surface area contributed by atoms with Gasteiger partial charge in [0.25, 0.3) is 0 Å². The molecular weight excluding hydrogens is 250 g/mol. The summed E-state index contributed by atoms with van der Waals surface area (Å²) >= 11 is 0. The molecule has 0 aliphatic rings. The topological polar surface area (TPSA) is 74.8 Å². The van der Waals surface area contributed by atoms with Crippen molar-refractivity contribution in [2.75, 3.05) is 11.6 Å². The van der Waals surface area contributed by atoms with Gasteiger partial charge in [0.2, 0.25) is 0 Å². The van der Waals surface area contributed by atoms with Gasteiger partial charge in [-0.1, -0.05) is 6.07 Å². The SMILES string of the molecule is Cc1[nH]ncc1CNc1cccc(S(C)(=O)=O)c1. The van der Waals surface area contributed by atoms with Gasteiger partial charge in [0.1, 0.15) is 0 Å². The molecule has 0 amide bonds. The Bertz CT molecular complexity index is 647. The van der Waals surface area contributed by atoms with Crippen LogP contribution in [-0.2, 0) is 16.4 Å². The highest BCUT2D eigenvalue weighted by molar-refractivity contribution is 7.90. The predicted octanol–water partition coefficient (Wildman–Crippen LogP) is 1.73. The van der Waals surface area contributed by atoms with E-state index in [9.17, 15) is 8.42 Å². The molecule has 0 aliphatic carbocycles. The molecule has 2 aromatic rings. The average molecular weight is 265 g/mol. The highest BCUT2D eigenvalue weighted by Gasteiger charge is 2.07. The van der Waals surface area contributed by atoms with E-state index in [4.69, 9.17) is 0 Å². The first-order valence-corrected chi connectivity index (χ1v) is 7.39. The number of hydrogen-bond acceptors (Lipinski definition) is 4. The van der Waals surface area contributed by atoms with Crippen LogP contribution in [0.2, 0.25) is 0 Å². The Morgan fingerprint density at radius 3 is 2.78 bits per heavy atom. The molecule has 0 spiro atoms. The summed E-state index contributed by atoms with van der Waals surface area (Å²) in [6.07, 6.45) is 2.95. The molecule has 18 heavy (non-hydrogen) atoms. The zero-order valence-corrected chi connectivity index (χ0v) is 11.1. The minimum atomic E-state index is -3.16. The maximum atomic E-state index is 11.4. The standard InChI is InChI=1S/C12H15N3O2S/c1-9-10(8-14-15-9)7-13-11-4-3-5-12(6-11)18(2,16)17/h3-6,8,13H,7H2,1-2H3,(H,14,15). The molecule has 6 heteroatoms. The molecule has 0 atom stereocenters. The molecular formula is C12H15N3O2S. The van der Waals surface area contributed by atoms with Crippen molar-refractivity contribution < 1.29 is 8.42 Å². The molecule has 1 aromatic carbocycles. The lowest BCUT2D eigenvalue weighted by Crippen LogP contribution is -2.02. The number of nitrogens with one attached hydrogen (secondary N) is 2. The normalized spacial score (nSPS) is 11.4. The maximum absolute atomic E-state index is 11.4. The second-order valence-electron chi connectivity index (χ2n) is 4.17. The van der Waals surface area contributed by atoms with Gasteiger partial charge in [0, 0.05) is 29.7 Å². The van der Waals surface area contributed by atoms with Crippen LogP contribution in [0.25, 0.3) is 0 Å². The zero-order chi connectivity index (χ0) is 13.2. The number of sulfone groups is 1. The number of nitrogens with zero attached hydrogens (tertiary/aromatic N) is 1. The van der Waals surface area contributed by atoms with Crippen LogP contribution < -0.4 is 5.32 Å². The van der Waals surface area contributed by atoms with Crippen molar-refractivity contribution in [2.45, 2.75) is 18.4 Å². The van der Waals surface area contributed by atoms with Gasteiger partial charge in [-0.3, -0.25) is 5.10 Å². The number of benzene rings is 1. The van der Waals surface area contributed by atoms with Gasteiger partial charge in [-0.05, 0) is 25.1 Å². The molecule has 0 saturated heterocycles. The molecule has 0 unspecified atom stereocenters. The van der Waals surface area contributed by atoms with Crippen LogP contribution in [0.4, 0.5) is 5.69 Å². The van der Waals surface area contributed by atoms with E-state index in [-0.39, 0.29) is 0 Å². The fourth-order valence-electron chi connectivity index (χ4n) is 1.59. The van der Waals surface area contributed by atoms with Crippen LogP contribution in [-0.4, -0.2) is 24.9 Å². The fraction of sp³-hybridized carbons (Fsp3) is 0.250. The average Bonchev–Trinajstić information content (AvgIpc) is 2.72. The second kappa shape index (κ2) is 4.81. The van der Waals surface area contributed by atoms with Gasteiger partial charge in [-0.25, -0.2) is 8.42 Å². The monoisotopic (exact) mass is 265 g/mol. The third-order valence-corrected chi connectivity index (χ3v) is 3.79. The number of hydrogen-bond donors (Lipinski definition) is 2. The molecule has 0 radical (unpaired) electrons. The minimum absolute atomic E-state index is 0.316. The Morgan fingerprint density at radius 2 is 2.17 bits per heavy atom. The Morgan fingerprint density at radius 1 is 1.39 bits per heavy atom.